The van der Waals surface area contributed by atoms with Crippen molar-refractivity contribution in [3.8, 4) is 16.9 Å². The fourth-order valence-corrected chi connectivity index (χ4v) is 3.50. The van der Waals surface area contributed by atoms with Crippen LogP contribution >= 0.6 is 0 Å². The lowest BCUT2D eigenvalue weighted by molar-refractivity contribution is -0.143. The summed E-state index contributed by atoms with van der Waals surface area (Å²) in [5.74, 6) is -3.12. The molecule has 0 atom stereocenters. The summed E-state index contributed by atoms with van der Waals surface area (Å²) in [6.07, 6.45) is -4.23. The third-order valence-corrected chi connectivity index (χ3v) is 5.19. The van der Waals surface area contributed by atoms with Gasteiger partial charge in [0.05, 0.1) is 18.3 Å². The maximum atomic E-state index is 15.4. The van der Waals surface area contributed by atoms with Crippen molar-refractivity contribution in [1.82, 2.24) is 0 Å². The molecule has 2 aromatic rings. The summed E-state index contributed by atoms with van der Waals surface area (Å²) in [5.41, 5.74) is -1.51. The van der Waals surface area contributed by atoms with Gasteiger partial charge in [0.25, 0.3) is 0 Å². The molecule has 1 fully saturated rings. The maximum absolute atomic E-state index is 15.4. The summed E-state index contributed by atoms with van der Waals surface area (Å²) in [4.78, 5) is 11.6. The number of benzene rings is 2. The fourth-order valence-electron chi connectivity index (χ4n) is 3.50. The van der Waals surface area contributed by atoms with E-state index in [0.717, 1.165) is 12.8 Å². The molecule has 31 heavy (non-hydrogen) atoms. The van der Waals surface area contributed by atoms with E-state index >= 15 is 4.39 Å². The Labute approximate surface area is 177 Å². The van der Waals surface area contributed by atoms with Crippen LogP contribution in [0.25, 0.3) is 11.1 Å². The first-order valence-corrected chi connectivity index (χ1v) is 10.1. The van der Waals surface area contributed by atoms with Crippen molar-refractivity contribution in [3.05, 3.63) is 52.1 Å². The Morgan fingerprint density at radius 2 is 1.81 bits per heavy atom. The molecule has 0 aliphatic heterocycles. The normalized spacial score (nSPS) is 13.9. The third-order valence-electron chi connectivity index (χ3n) is 5.19. The monoisotopic (exact) mass is 442 g/mol. The smallest absolute Gasteiger partial charge is 0.419 e. The van der Waals surface area contributed by atoms with Gasteiger partial charge in [0.2, 0.25) is 0 Å². The van der Waals surface area contributed by atoms with E-state index in [4.69, 9.17) is 9.47 Å². The molecule has 0 spiro atoms. The number of halogens is 5. The number of aryl methyl sites for hydroxylation is 1. The molecule has 0 saturated heterocycles. The highest BCUT2D eigenvalue weighted by atomic mass is 19.4. The number of ether oxygens (including phenoxy) is 2. The van der Waals surface area contributed by atoms with Crippen LogP contribution in [0.15, 0.2) is 18.2 Å². The Morgan fingerprint density at radius 1 is 1.13 bits per heavy atom. The minimum atomic E-state index is -5.03. The van der Waals surface area contributed by atoms with Crippen LogP contribution < -0.4 is 4.74 Å². The van der Waals surface area contributed by atoms with E-state index in [-0.39, 0.29) is 23.8 Å². The van der Waals surface area contributed by atoms with Crippen LogP contribution in [0.3, 0.4) is 0 Å². The zero-order chi connectivity index (χ0) is 22.9. The van der Waals surface area contributed by atoms with Gasteiger partial charge in [-0.1, -0.05) is 6.07 Å². The van der Waals surface area contributed by atoms with Gasteiger partial charge in [-0.25, -0.2) is 8.78 Å². The van der Waals surface area contributed by atoms with E-state index in [9.17, 15) is 22.4 Å². The zero-order valence-electron chi connectivity index (χ0n) is 17.5. The van der Waals surface area contributed by atoms with Crippen molar-refractivity contribution in [3.63, 3.8) is 0 Å². The number of alkyl halides is 3. The summed E-state index contributed by atoms with van der Waals surface area (Å²) < 4.78 is 81.3. The lowest BCUT2D eigenvalue weighted by atomic mass is 9.90. The number of esters is 1. The Bertz CT molecular complexity index is 994. The van der Waals surface area contributed by atoms with Crippen LogP contribution in [0.4, 0.5) is 22.0 Å². The standard InChI is InChI=1S/C23H23F5O3/c1-4-30-19(29)10-8-15-21(24)16(11-17(22(15)25)23(26,27)28)20-12(2)5-9-18(13(20)3)31-14-6-7-14/h5,9,11,14H,4,6-8,10H2,1-3H3. The highest BCUT2D eigenvalue weighted by molar-refractivity contribution is 5.76. The molecule has 0 bridgehead atoms. The third kappa shape index (κ3) is 4.99. The molecule has 0 heterocycles. The van der Waals surface area contributed by atoms with Crippen molar-refractivity contribution in [2.24, 2.45) is 0 Å². The molecule has 1 aliphatic carbocycles. The van der Waals surface area contributed by atoms with Crippen molar-refractivity contribution in [1.29, 1.82) is 0 Å². The number of carbonyl (C=O) groups excluding carboxylic acids is 1. The molecule has 3 rings (SSSR count). The molecule has 1 saturated carbocycles. The molecule has 1 aliphatic rings. The van der Waals surface area contributed by atoms with Crippen LogP contribution in [0, 0.1) is 25.5 Å². The molecule has 2 aromatic carbocycles. The number of rotatable bonds is 7. The van der Waals surface area contributed by atoms with Crippen molar-refractivity contribution >= 4 is 5.97 Å². The predicted octanol–water partition coefficient (Wildman–Crippen LogP) is 6.30. The predicted molar refractivity (Wildman–Crippen MR) is 105 cm³/mol. The lowest BCUT2D eigenvalue weighted by Crippen LogP contribution is -2.14. The van der Waals surface area contributed by atoms with Gasteiger partial charge in [-0.2, -0.15) is 13.2 Å². The van der Waals surface area contributed by atoms with Crippen LogP contribution in [0.5, 0.6) is 5.75 Å². The second kappa shape index (κ2) is 8.85. The summed E-state index contributed by atoms with van der Waals surface area (Å²) >= 11 is 0. The number of hydrogen-bond acceptors (Lipinski definition) is 3. The van der Waals surface area contributed by atoms with Gasteiger partial charge in [0.15, 0.2) is 0 Å². The molecular weight excluding hydrogens is 419 g/mol. The van der Waals surface area contributed by atoms with Crippen molar-refractivity contribution in [2.45, 2.75) is 58.7 Å². The van der Waals surface area contributed by atoms with E-state index in [0.29, 0.717) is 22.9 Å². The lowest BCUT2D eigenvalue weighted by Gasteiger charge is -2.20. The van der Waals surface area contributed by atoms with E-state index in [1.165, 1.54) is 0 Å². The van der Waals surface area contributed by atoms with Crippen LogP contribution in [0.1, 0.15) is 48.4 Å². The van der Waals surface area contributed by atoms with Gasteiger partial charge < -0.3 is 9.47 Å². The first-order chi connectivity index (χ1) is 14.5. The Hall–Kier alpha value is -2.64. The van der Waals surface area contributed by atoms with E-state index in [1.807, 2.05) is 0 Å². The maximum Gasteiger partial charge on any atom is 0.419 e. The van der Waals surface area contributed by atoms with Crippen LogP contribution in [-0.2, 0) is 22.1 Å². The minimum absolute atomic E-state index is 0.0400. The molecule has 0 unspecified atom stereocenters. The molecule has 8 heteroatoms. The van der Waals surface area contributed by atoms with Crippen LogP contribution in [-0.4, -0.2) is 18.7 Å². The highest BCUT2D eigenvalue weighted by Gasteiger charge is 2.38. The second-order valence-corrected chi connectivity index (χ2v) is 7.58. The minimum Gasteiger partial charge on any atom is -0.490 e. The molecule has 3 nitrogen and oxygen atoms in total. The topological polar surface area (TPSA) is 35.5 Å². The Morgan fingerprint density at radius 3 is 2.39 bits per heavy atom. The number of carbonyl (C=O) groups is 1. The van der Waals surface area contributed by atoms with E-state index in [2.05, 4.69) is 0 Å². The molecule has 168 valence electrons. The van der Waals surface area contributed by atoms with Gasteiger partial charge in [-0.05, 0) is 68.9 Å². The van der Waals surface area contributed by atoms with Crippen molar-refractivity contribution < 1.29 is 36.2 Å². The van der Waals surface area contributed by atoms with Crippen molar-refractivity contribution in [2.75, 3.05) is 6.61 Å². The SMILES string of the molecule is CCOC(=O)CCc1c(F)c(-c2c(C)ccc(OC3CC3)c2C)cc(C(F)(F)F)c1F. The molecule has 0 amide bonds. The first kappa shape index (κ1) is 23.0. The fraction of sp³-hybridized carbons (Fsp3) is 0.435. The molecular formula is C23H23F5O3. The second-order valence-electron chi connectivity index (χ2n) is 7.58. The Balaban J connectivity index is 2.16. The van der Waals surface area contributed by atoms with Crippen LogP contribution in [0.2, 0.25) is 0 Å². The average molecular weight is 442 g/mol. The summed E-state index contributed by atoms with van der Waals surface area (Å²) in [6, 6.07) is 3.82. The van der Waals surface area contributed by atoms with Gasteiger partial charge in [0, 0.05) is 17.5 Å². The van der Waals surface area contributed by atoms with Gasteiger partial charge in [-0.3, -0.25) is 4.79 Å². The Kier molecular flexibility index (Phi) is 6.57. The van der Waals surface area contributed by atoms with E-state index in [1.54, 1.807) is 32.9 Å². The zero-order valence-corrected chi connectivity index (χ0v) is 17.5. The summed E-state index contributed by atoms with van der Waals surface area (Å²) in [7, 11) is 0. The molecule has 0 aromatic heterocycles. The first-order valence-electron chi connectivity index (χ1n) is 10.1. The molecule has 0 radical (unpaired) electrons. The highest BCUT2D eigenvalue weighted by Crippen LogP contribution is 2.42. The van der Waals surface area contributed by atoms with Gasteiger partial charge in [0.1, 0.15) is 17.4 Å². The summed E-state index contributed by atoms with van der Waals surface area (Å²) in [6.45, 7) is 4.89. The van der Waals surface area contributed by atoms with Gasteiger partial charge >= 0.3 is 12.1 Å². The molecule has 0 N–H and O–H groups in total. The van der Waals surface area contributed by atoms with Gasteiger partial charge in [-0.15, -0.1) is 0 Å². The summed E-state index contributed by atoms with van der Waals surface area (Å²) in [5, 5.41) is 0. The van der Waals surface area contributed by atoms with E-state index < -0.39 is 47.7 Å². The average Bonchev–Trinajstić information content (AvgIpc) is 3.49. The number of hydrogen-bond donors (Lipinski definition) is 0. The largest absolute Gasteiger partial charge is 0.490 e. The quantitative estimate of drug-likeness (QED) is 0.373.